The Morgan fingerprint density at radius 3 is 1.63 bits per heavy atom. The standard InChI is InChI=1S/C66H94F2IN13O16/c67-66(68)21-26-82(46-66)59(87)41-73-63(94)50-20-24-70-52-19-18-49(40-51(50)52)98-39-7-25-76-35-37-81(38-36-76)64(95)53(74-56(84)12-6-13-57(85)75-54(65(96)97)10-2-4-22-71-55(83)11-5-8-47-14-16-48(69)17-15-47)9-1-3-23-72-58(86)42-77-27-29-78(43-60(88)89)31-33-80(45-62(92)93)34-32-79(30-28-77)44-61(90)91/h14-20,24,40,53-54H,1-13,21-23,25-39,41-46H2,(H,71,83)(H,72,86)(H,73,94)(H,74,84)(H,75,85)(H,88,89)(H,90,91)(H,92,93)(H,96,97)/t53-,54?/m0/s1. The van der Waals surface area contributed by atoms with Gasteiger partial charge in [0, 0.05) is 146 Å². The number of pyridine rings is 1. The number of nitrogens with zero attached hydrogens (tertiary/aromatic N) is 8. The molecule has 3 aromatic rings. The summed E-state index contributed by atoms with van der Waals surface area (Å²) in [5, 5.41) is 52.8. The normalized spacial score (nSPS) is 16.8. The molecule has 540 valence electrons. The molecule has 3 aliphatic heterocycles. The zero-order valence-corrected chi connectivity index (χ0v) is 57.6. The Kier molecular flexibility index (Phi) is 33.6. The van der Waals surface area contributed by atoms with E-state index in [9.17, 15) is 81.9 Å². The predicted octanol–water partition coefficient (Wildman–Crippen LogP) is 1.65. The molecule has 3 aliphatic rings. The molecule has 3 saturated heterocycles. The van der Waals surface area contributed by atoms with Gasteiger partial charge in [-0.2, -0.15) is 0 Å². The number of hydrogen-bond acceptors (Lipinski definition) is 18. The number of rotatable bonds is 38. The summed E-state index contributed by atoms with van der Waals surface area (Å²) in [7, 11) is 0. The molecule has 7 amide bonds. The summed E-state index contributed by atoms with van der Waals surface area (Å²) in [6, 6.07) is 12.5. The Bertz CT molecular complexity index is 3130. The third-order valence-corrected chi connectivity index (χ3v) is 17.9. The highest BCUT2D eigenvalue weighted by atomic mass is 127. The van der Waals surface area contributed by atoms with E-state index < -0.39 is 85.0 Å². The number of carboxylic acids is 4. The van der Waals surface area contributed by atoms with Crippen molar-refractivity contribution in [2.45, 2.75) is 108 Å². The first kappa shape index (κ1) is 79.2. The fourth-order valence-corrected chi connectivity index (χ4v) is 12.1. The van der Waals surface area contributed by atoms with Gasteiger partial charge in [0.1, 0.15) is 17.8 Å². The molecule has 0 bridgehead atoms. The van der Waals surface area contributed by atoms with Crippen molar-refractivity contribution < 1.29 is 86.7 Å². The quantitative estimate of drug-likeness (QED) is 0.0291. The van der Waals surface area contributed by atoms with Crippen molar-refractivity contribution in [2.75, 3.05) is 151 Å². The Labute approximate surface area is 582 Å². The van der Waals surface area contributed by atoms with Gasteiger partial charge in [-0.3, -0.25) is 77.4 Å². The highest BCUT2D eigenvalue weighted by Gasteiger charge is 2.40. The van der Waals surface area contributed by atoms with Crippen LogP contribution in [0.4, 0.5) is 8.78 Å². The van der Waals surface area contributed by atoms with Gasteiger partial charge >= 0.3 is 23.9 Å². The van der Waals surface area contributed by atoms with E-state index in [0.717, 1.165) is 20.5 Å². The van der Waals surface area contributed by atoms with Crippen LogP contribution in [0.5, 0.6) is 5.75 Å². The minimum absolute atomic E-state index is 0.0556. The van der Waals surface area contributed by atoms with Crippen molar-refractivity contribution in [3.05, 3.63) is 69.4 Å². The third kappa shape index (κ3) is 29.7. The number of likely N-dealkylation sites (tertiary alicyclic amines) is 1. The lowest BCUT2D eigenvalue weighted by molar-refractivity contribution is -0.142. The van der Waals surface area contributed by atoms with Crippen molar-refractivity contribution in [3.63, 3.8) is 0 Å². The summed E-state index contributed by atoms with van der Waals surface area (Å²) < 4.78 is 34.6. The third-order valence-electron chi connectivity index (χ3n) is 17.2. The molecule has 29 nitrogen and oxygen atoms in total. The number of hydrogen-bond donors (Lipinski definition) is 9. The van der Waals surface area contributed by atoms with Gasteiger partial charge in [-0.15, -0.1) is 0 Å². The topological polar surface area (TPSA) is 374 Å². The first-order valence-electron chi connectivity index (χ1n) is 33.5. The average Bonchev–Trinajstić information content (AvgIpc) is 0.939. The van der Waals surface area contributed by atoms with Crippen LogP contribution in [-0.2, 0) is 54.4 Å². The number of carboxylic acid groups (broad SMARTS) is 4. The molecule has 9 N–H and O–H groups in total. The highest BCUT2D eigenvalue weighted by Crippen LogP contribution is 2.27. The highest BCUT2D eigenvalue weighted by molar-refractivity contribution is 14.1. The van der Waals surface area contributed by atoms with Gasteiger partial charge < -0.3 is 61.5 Å². The number of ether oxygens (including phenoxy) is 1. The van der Waals surface area contributed by atoms with Crippen molar-refractivity contribution >= 4 is 98.7 Å². The molecule has 6 rings (SSSR count). The van der Waals surface area contributed by atoms with E-state index in [1.807, 2.05) is 24.3 Å². The van der Waals surface area contributed by atoms with Gasteiger partial charge in [0.2, 0.25) is 35.4 Å². The SMILES string of the molecule is O=C(O)CN1CCN(CC(=O)O)CCN(CC(=O)NCCCC[C@H](NC(=O)CCCC(=O)NC(CCCCNC(=O)CCCc2ccc(I)cc2)C(=O)O)C(=O)N2CCN(CCCOc3ccc4nccc(C(=O)NCC(=O)N5CCC(F)(F)C5)c4c3)CC2)CCN(CC(=O)O)CC1. The molecule has 2 atom stereocenters. The summed E-state index contributed by atoms with van der Waals surface area (Å²) in [5.74, 6) is -9.94. The lowest BCUT2D eigenvalue weighted by Gasteiger charge is -2.36. The number of piperazine rings is 1. The van der Waals surface area contributed by atoms with Crippen molar-refractivity contribution in [1.29, 1.82) is 0 Å². The molecule has 0 saturated carbocycles. The summed E-state index contributed by atoms with van der Waals surface area (Å²) in [6.45, 7) is 2.77. The molecule has 4 heterocycles. The summed E-state index contributed by atoms with van der Waals surface area (Å²) in [6.07, 6.45) is 5.23. The van der Waals surface area contributed by atoms with E-state index in [0.29, 0.717) is 107 Å². The molecule has 1 aromatic heterocycles. The van der Waals surface area contributed by atoms with Gasteiger partial charge in [-0.25, -0.2) is 13.6 Å². The predicted molar refractivity (Wildman–Crippen MR) is 363 cm³/mol. The number of nitrogens with one attached hydrogen (secondary N) is 5. The van der Waals surface area contributed by atoms with E-state index in [2.05, 4.69) is 59.1 Å². The first-order chi connectivity index (χ1) is 46.9. The van der Waals surface area contributed by atoms with Crippen LogP contribution in [0.15, 0.2) is 54.7 Å². The van der Waals surface area contributed by atoms with Crippen LogP contribution in [0, 0.1) is 3.57 Å². The van der Waals surface area contributed by atoms with E-state index >= 15 is 0 Å². The number of aromatic nitrogens is 1. The number of fused-ring (bicyclic) bond motifs is 1. The van der Waals surface area contributed by atoms with Crippen LogP contribution in [0.25, 0.3) is 10.9 Å². The number of carbonyl (C=O) groups excluding carboxylic acids is 7. The van der Waals surface area contributed by atoms with E-state index in [1.165, 1.54) is 12.3 Å². The van der Waals surface area contributed by atoms with Gasteiger partial charge in [-0.05, 0) is 129 Å². The fraction of sp³-hybridized carbons (Fsp3) is 0.606. The molecule has 1 unspecified atom stereocenters. The number of unbranched alkanes of at least 4 members (excludes halogenated alkanes) is 2. The van der Waals surface area contributed by atoms with Crippen LogP contribution in [0.3, 0.4) is 0 Å². The molecule has 0 aliphatic carbocycles. The molecule has 0 spiro atoms. The Morgan fingerprint density at radius 1 is 0.551 bits per heavy atom. The van der Waals surface area contributed by atoms with Gasteiger partial charge in [0.05, 0.1) is 57.0 Å². The number of aryl methyl sites for hydroxylation is 1. The maximum atomic E-state index is 14.3. The smallest absolute Gasteiger partial charge is 0.326 e. The number of carbonyl (C=O) groups is 11. The second-order valence-corrected chi connectivity index (χ2v) is 26.1. The lowest BCUT2D eigenvalue weighted by Crippen LogP contribution is -2.55. The van der Waals surface area contributed by atoms with E-state index in [-0.39, 0.29) is 147 Å². The monoisotopic (exact) mass is 1490 g/mol. The number of alkyl halides is 2. The molecule has 32 heteroatoms. The zero-order valence-electron chi connectivity index (χ0n) is 55.4. The Morgan fingerprint density at radius 2 is 1.08 bits per heavy atom. The summed E-state index contributed by atoms with van der Waals surface area (Å²) >= 11 is 2.24. The minimum Gasteiger partial charge on any atom is -0.494 e. The van der Waals surface area contributed by atoms with Crippen LogP contribution >= 0.6 is 22.6 Å². The van der Waals surface area contributed by atoms with Crippen molar-refractivity contribution in [2.24, 2.45) is 0 Å². The Hall–Kier alpha value is -7.79. The summed E-state index contributed by atoms with van der Waals surface area (Å²) in [4.78, 5) is 156. The minimum atomic E-state index is -2.96. The summed E-state index contributed by atoms with van der Waals surface area (Å²) in [5.41, 5.74) is 1.88. The van der Waals surface area contributed by atoms with Gasteiger partial charge in [0.15, 0.2) is 0 Å². The van der Waals surface area contributed by atoms with Gasteiger partial charge in [0.25, 0.3) is 11.8 Å². The lowest BCUT2D eigenvalue weighted by atomic mass is 10.1. The molecule has 0 radical (unpaired) electrons. The number of halogens is 3. The first-order valence-corrected chi connectivity index (χ1v) is 34.6. The van der Waals surface area contributed by atoms with Crippen LogP contribution in [-0.4, -0.2) is 294 Å². The average molecular weight is 1490 g/mol. The molecule has 3 fully saturated rings. The van der Waals surface area contributed by atoms with Gasteiger partial charge in [-0.1, -0.05) is 12.1 Å². The van der Waals surface area contributed by atoms with Crippen molar-refractivity contribution in [1.82, 2.24) is 65.9 Å². The van der Waals surface area contributed by atoms with Crippen LogP contribution in [0.2, 0.25) is 0 Å². The molecular formula is C66H94F2IN13O16. The number of amides is 7. The van der Waals surface area contributed by atoms with Crippen molar-refractivity contribution in [3.8, 4) is 5.75 Å². The second-order valence-electron chi connectivity index (χ2n) is 24.9. The number of aliphatic carboxylic acids is 4. The molecular weight excluding hydrogens is 1400 g/mol. The molecule has 2 aromatic carbocycles. The number of benzene rings is 2. The maximum Gasteiger partial charge on any atom is 0.326 e. The zero-order chi connectivity index (χ0) is 71.0. The van der Waals surface area contributed by atoms with Crippen LogP contribution in [0.1, 0.15) is 99.4 Å². The van der Waals surface area contributed by atoms with Crippen LogP contribution < -0.4 is 31.3 Å². The fourth-order valence-electron chi connectivity index (χ4n) is 11.7. The van der Waals surface area contributed by atoms with E-state index in [4.69, 9.17) is 4.74 Å². The largest absolute Gasteiger partial charge is 0.494 e. The maximum absolute atomic E-state index is 14.3. The second kappa shape index (κ2) is 41.6. The Balaban J connectivity index is 0.977. The molecule has 98 heavy (non-hydrogen) atoms. The van der Waals surface area contributed by atoms with E-state index in [1.54, 1.807) is 42.7 Å².